The van der Waals surface area contributed by atoms with Crippen LogP contribution in [-0.4, -0.2) is 26.9 Å². The van der Waals surface area contributed by atoms with E-state index in [1.165, 1.54) is 14.2 Å². The van der Waals surface area contributed by atoms with Gasteiger partial charge in [-0.3, -0.25) is 0 Å². The van der Waals surface area contributed by atoms with Gasteiger partial charge in [0.25, 0.3) is 0 Å². The summed E-state index contributed by atoms with van der Waals surface area (Å²) in [6.45, 7) is 2.43. The van der Waals surface area contributed by atoms with Crippen LogP contribution in [0.3, 0.4) is 0 Å². The molecule has 0 fully saturated rings. The van der Waals surface area contributed by atoms with Crippen LogP contribution in [0.15, 0.2) is 18.2 Å². The van der Waals surface area contributed by atoms with Crippen LogP contribution in [0.5, 0.6) is 11.5 Å². The zero-order valence-corrected chi connectivity index (χ0v) is 11.9. The Bertz CT molecular complexity index is 421. The van der Waals surface area contributed by atoms with Crippen molar-refractivity contribution in [2.45, 2.75) is 32.0 Å². The third-order valence-electron chi connectivity index (χ3n) is 2.98. The SMILES string of the molecule is CCNC(CCC(F)(F)F)c1cccc(OC)c1OC. The van der Waals surface area contributed by atoms with E-state index in [0.29, 0.717) is 23.6 Å². The highest BCUT2D eigenvalue weighted by atomic mass is 19.4. The third-order valence-corrected chi connectivity index (χ3v) is 2.98. The second kappa shape index (κ2) is 7.38. The van der Waals surface area contributed by atoms with Crippen LogP contribution < -0.4 is 14.8 Å². The highest BCUT2D eigenvalue weighted by Gasteiger charge is 2.29. The number of alkyl halides is 3. The van der Waals surface area contributed by atoms with E-state index in [9.17, 15) is 13.2 Å². The van der Waals surface area contributed by atoms with Gasteiger partial charge in [0, 0.05) is 18.0 Å². The highest BCUT2D eigenvalue weighted by Crippen LogP contribution is 2.37. The molecular formula is C14H20F3NO2. The van der Waals surface area contributed by atoms with Gasteiger partial charge in [-0.15, -0.1) is 0 Å². The Labute approximate surface area is 117 Å². The number of para-hydroxylation sites is 1. The van der Waals surface area contributed by atoms with Crippen molar-refractivity contribution in [1.29, 1.82) is 0 Å². The molecule has 0 radical (unpaired) electrons. The average molecular weight is 291 g/mol. The summed E-state index contributed by atoms with van der Waals surface area (Å²) < 4.78 is 47.7. The van der Waals surface area contributed by atoms with Crippen molar-refractivity contribution in [3.63, 3.8) is 0 Å². The number of methoxy groups -OCH3 is 2. The number of nitrogens with one attached hydrogen (secondary N) is 1. The van der Waals surface area contributed by atoms with Crippen LogP contribution in [0.2, 0.25) is 0 Å². The van der Waals surface area contributed by atoms with Gasteiger partial charge in [0.05, 0.1) is 14.2 Å². The van der Waals surface area contributed by atoms with Gasteiger partial charge >= 0.3 is 6.18 Å². The molecule has 1 N–H and O–H groups in total. The van der Waals surface area contributed by atoms with Crippen LogP contribution in [0.25, 0.3) is 0 Å². The van der Waals surface area contributed by atoms with Gasteiger partial charge in [-0.05, 0) is 19.0 Å². The summed E-state index contributed by atoms with van der Waals surface area (Å²) in [5.41, 5.74) is 0.679. The predicted octanol–water partition coefficient (Wildman–Crippen LogP) is 3.70. The van der Waals surface area contributed by atoms with E-state index >= 15 is 0 Å². The maximum atomic E-state index is 12.4. The zero-order valence-electron chi connectivity index (χ0n) is 11.9. The molecule has 1 unspecified atom stereocenters. The molecule has 0 aliphatic carbocycles. The molecule has 0 saturated heterocycles. The van der Waals surface area contributed by atoms with Gasteiger partial charge in [0.1, 0.15) is 0 Å². The van der Waals surface area contributed by atoms with E-state index in [4.69, 9.17) is 9.47 Å². The maximum absolute atomic E-state index is 12.4. The Morgan fingerprint density at radius 2 is 1.90 bits per heavy atom. The number of hydrogen-bond acceptors (Lipinski definition) is 3. The zero-order chi connectivity index (χ0) is 15.2. The largest absolute Gasteiger partial charge is 0.493 e. The third kappa shape index (κ3) is 4.59. The minimum absolute atomic E-state index is 0.0408. The molecule has 1 aromatic carbocycles. The van der Waals surface area contributed by atoms with Crippen molar-refractivity contribution in [1.82, 2.24) is 5.32 Å². The number of benzene rings is 1. The first kappa shape index (κ1) is 16.6. The molecule has 1 aromatic rings. The Morgan fingerprint density at radius 1 is 1.20 bits per heavy atom. The normalized spacial score (nSPS) is 13.1. The molecule has 0 aliphatic heterocycles. The summed E-state index contributed by atoms with van der Waals surface area (Å²) in [4.78, 5) is 0. The molecule has 0 saturated carbocycles. The molecule has 0 heterocycles. The van der Waals surface area contributed by atoms with E-state index in [1.54, 1.807) is 18.2 Å². The lowest BCUT2D eigenvalue weighted by Crippen LogP contribution is -2.23. The quantitative estimate of drug-likeness (QED) is 0.831. The lowest BCUT2D eigenvalue weighted by atomic mass is 10.00. The molecule has 6 heteroatoms. The molecule has 1 atom stereocenters. The summed E-state index contributed by atoms with van der Waals surface area (Å²) in [7, 11) is 2.98. The molecule has 0 aromatic heterocycles. The van der Waals surface area contributed by atoms with Crippen molar-refractivity contribution in [3.8, 4) is 11.5 Å². The maximum Gasteiger partial charge on any atom is 0.389 e. The fourth-order valence-electron chi connectivity index (χ4n) is 2.11. The minimum Gasteiger partial charge on any atom is -0.493 e. The number of rotatable bonds is 7. The highest BCUT2D eigenvalue weighted by molar-refractivity contribution is 5.48. The van der Waals surface area contributed by atoms with Crippen LogP contribution in [0.1, 0.15) is 31.4 Å². The second-order valence-corrected chi connectivity index (χ2v) is 4.35. The van der Waals surface area contributed by atoms with Gasteiger partial charge in [0.15, 0.2) is 11.5 Å². The van der Waals surface area contributed by atoms with E-state index in [-0.39, 0.29) is 6.42 Å². The van der Waals surface area contributed by atoms with Gasteiger partial charge in [-0.2, -0.15) is 13.2 Å². The van der Waals surface area contributed by atoms with E-state index in [0.717, 1.165) is 0 Å². The second-order valence-electron chi connectivity index (χ2n) is 4.35. The minimum atomic E-state index is -4.17. The van der Waals surface area contributed by atoms with Gasteiger partial charge in [-0.1, -0.05) is 19.1 Å². The number of halogens is 3. The molecule has 20 heavy (non-hydrogen) atoms. The summed E-state index contributed by atoms with van der Waals surface area (Å²) in [6.07, 6.45) is -5.05. The smallest absolute Gasteiger partial charge is 0.389 e. The lowest BCUT2D eigenvalue weighted by Gasteiger charge is -2.22. The van der Waals surface area contributed by atoms with Crippen LogP contribution in [-0.2, 0) is 0 Å². The van der Waals surface area contributed by atoms with Crippen LogP contribution >= 0.6 is 0 Å². The fourth-order valence-corrected chi connectivity index (χ4v) is 2.11. The summed E-state index contributed by atoms with van der Waals surface area (Å²) in [5.74, 6) is 0.989. The van der Waals surface area contributed by atoms with Crippen molar-refractivity contribution >= 4 is 0 Å². The number of ether oxygens (including phenoxy) is 2. The molecule has 114 valence electrons. The Balaban J connectivity index is 3.01. The van der Waals surface area contributed by atoms with E-state index < -0.39 is 18.6 Å². The van der Waals surface area contributed by atoms with Crippen molar-refractivity contribution in [2.75, 3.05) is 20.8 Å². The first-order valence-corrected chi connectivity index (χ1v) is 6.44. The fraction of sp³-hybridized carbons (Fsp3) is 0.571. The first-order valence-electron chi connectivity index (χ1n) is 6.44. The molecule has 1 rings (SSSR count). The Morgan fingerprint density at radius 3 is 2.40 bits per heavy atom. The van der Waals surface area contributed by atoms with E-state index in [2.05, 4.69) is 5.32 Å². The molecule has 3 nitrogen and oxygen atoms in total. The predicted molar refractivity (Wildman–Crippen MR) is 71.3 cm³/mol. The molecule has 0 spiro atoms. The van der Waals surface area contributed by atoms with Crippen molar-refractivity contribution in [3.05, 3.63) is 23.8 Å². The Kier molecular flexibility index (Phi) is 6.13. The van der Waals surface area contributed by atoms with Gasteiger partial charge in [0.2, 0.25) is 0 Å². The van der Waals surface area contributed by atoms with Crippen molar-refractivity contribution < 1.29 is 22.6 Å². The lowest BCUT2D eigenvalue weighted by molar-refractivity contribution is -0.136. The monoisotopic (exact) mass is 291 g/mol. The standard InChI is InChI=1S/C14H20F3NO2/c1-4-18-11(8-9-14(15,16)17)10-6-5-7-12(19-2)13(10)20-3/h5-7,11,18H,4,8-9H2,1-3H3. The van der Waals surface area contributed by atoms with Gasteiger partial charge in [-0.25, -0.2) is 0 Å². The summed E-state index contributed by atoms with van der Waals surface area (Å²) in [5, 5.41) is 3.06. The summed E-state index contributed by atoms with van der Waals surface area (Å²) in [6, 6.07) is 4.79. The molecular weight excluding hydrogens is 271 g/mol. The first-order chi connectivity index (χ1) is 9.42. The van der Waals surface area contributed by atoms with E-state index in [1.807, 2.05) is 6.92 Å². The van der Waals surface area contributed by atoms with Gasteiger partial charge < -0.3 is 14.8 Å². The molecule has 0 aliphatic rings. The topological polar surface area (TPSA) is 30.5 Å². The summed E-state index contributed by atoms with van der Waals surface area (Å²) >= 11 is 0. The molecule has 0 amide bonds. The Hall–Kier alpha value is -1.43. The van der Waals surface area contributed by atoms with Crippen molar-refractivity contribution in [2.24, 2.45) is 0 Å². The van der Waals surface area contributed by atoms with Crippen LogP contribution in [0.4, 0.5) is 13.2 Å². The average Bonchev–Trinajstić information content (AvgIpc) is 2.41. The molecule has 0 bridgehead atoms. The number of hydrogen-bond donors (Lipinski definition) is 1. The van der Waals surface area contributed by atoms with Crippen LogP contribution in [0, 0.1) is 0 Å².